The highest BCUT2D eigenvalue weighted by Crippen LogP contribution is 2.36. The highest BCUT2D eigenvalue weighted by molar-refractivity contribution is 7.07. The Morgan fingerprint density at radius 1 is 1.00 bits per heavy atom. The van der Waals surface area contributed by atoms with Gasteiger partial charge in [-0.15, -0.1) is 0 Å². The molecule has 228 valence electrons. The molecule has 8 nitrogen and oxygen atoms in total. The second-order valence-electron chi connectivity index (χ2n) is 9.74. The zero-order chi connectivity index (χ0) is 31.4. The Hall–Kier alpha value is -4.05. The summed E-state index contributed by atoms with van der Waals surface area (Å²) in [5.41, 5.74) is 2.78. The first-order valence-corrected chi connectivity index (χ1v) is 15.5. The summed E-state index contributed by atoms with van der Waals surface area (Å²) < 4.78 is 24.6. The molecule has 1 atom stereocenters. The van der Waals surface area contributed by atoms with E-state index >= 15 is 0 Å². The van der Waals surface area contributed by atoms with Crippen molar-refractivity contribution in [2.45, 2.75) is 33.4 Å². The number of benzene rings is 3. The lowest BCUT2D eigenvalue weighted by atomic mass is 9.95. The van der Waals surface area contributed by atoms with Gasteiger partial charge in [0.25, 0.3) is 5.56 Å². The maximum atomic E-state index is 14.0. The highest BCUT2D eigenvalue weighted by Gasteiger charge is 2.34. The average molecular weight is 654 g/mol. The van der Waals surface area contributed by atoms with Crippen molar-refractivity contribution in [2.24, 2.45) is 4.99 Å². The third kappa shape index (κ3) is 6.55. The second-order valence-corrected chi connectivity index (χ2v) is 11.6. The van der Waals surface area contributed by atoms with Crippen LogP contribution in [0.2, 0.25) is 10.0 Å². The molecule has 0 radical (unpaired) electrons. The van der Waals surface area contributed by atoms with E-state index in [1.807, 2.05) is 43.3 Å². The summed E-state index contributed by atoms with van der Waals surface area (Å²) in [7, 11) is 1.56. The van der Waals surface area contributed by atoms with Crippen LogP contribution in [-0.2, 0) is 16.1 Å². The molecule has 1 aliphatic heterocycles. The van der Waals surface area contributed by atoms with E-state index < -0.39 is 12.0 Å². The van der Waals surface area contributed by atoms with E-state index in [1.54, 1.807) is 55.9 Å². The quantitative estimate of drug-likeness (QED) is 0.193. The first-order chi connectivity index (χ1) is 21.2. The lowest BCUT2D eigenvalue weighted by Gasteiger charge is -2.25. The minimum absolute atomic E-state index is 0.187. The summed E-state index contributed by atoms with van der Waals surface area (Å²) in [6.07, 6.45) is 1.80. The number of hydrogen-bond donors (Lipinski definition) is 0. The van der Waals surface area contributed by atoms with Crippen molar-refractivity contribution in [1.82, 2.24) is 4.57 Å². The lowest BCUT2D eigenvalue weighted by molar-refractivity contribution is -0.139. The van der Waals surface area contributed by atoms with Crippen LogP contribution in [0.4, 0.5) is 0 Å². The van der Waals surface area contributed by atoms with Gasteiger partial charge in [0.05, 0.1) is 42.2 Å². The Balaban J connectivity index is 1.52. The van der Waals surface area contributed by atoms with E-state index in [-0.39, 0.29) is 18.8 Å². The molecular formula is C33H30Cl2N2O6S. The number of nitrogens with zero attached hydrogens (tertiary/aromatic N) is 2. The number of fused-ring (bicyclic) bond motifs is 1. The Morgan fingerprint density at radius 3 is 2.45 bits per heavy atom. The number of methoxy groups -OCH3 is 1. The first-order valence-electron chi connectivity index (χ1n) is 13.9. The number of halogens is 2. The van der Waals surface area contributed by atoms with Gasteiger partial charge in [-0.2, -0.15) is 0 Å². The summed E-state index contributed by atoms with van der Waals surface area (Å²) in [6, 6.07) is 17.2. The van der Waals surface area contributed by atoms with E-state index in [1.165, 1.54) is 11.3 Å². The van der Waals surface area contributed by atoms with Crippen LogP contribution in [0.1, 0.15) is 43.5 Å². The smallest absolute Gasteiger partial charge is 0.338 e. The SMILES string of the molecule is CCOC(=O)C1=C(C)N=c2s/c(=C\c3ccc(OCc4ccc(Cl)cc4Cl)cc3)c(=O)n2[C@H]1c1ccc(OC)c(OCC)c1. The molecule has 0 amide bonds. The zero-order valence-electron chi connectivity index (χ0n) is 24.6. The molecule has 0 spiro atoms. The van der Waals surface area contributed by atoms with Gasteiger partial charge in [-0.3, -0.25) is 9.36 Å². The fraction of sp³-hybridized carbons (Fsp3) is 0.242. The van der Waals surface area contributed by atoms with E-state index in [2.05, 4.69) is 4.99 Å². The molecule has 44 heavy (non-hydrogen) atoms. The predicted molar refractivity (Wildman–Crippen MR) is 172 cm³/mol. The van der Waals surface area contributed by atoms with E-state index in [0.717, 1.165) is 11.1 Å². The topological polar surface area (TPSA) is 88.4 Å². The number of esters is 1. The Bertz CT molecular complexity index is 1910. The normalized spacial score (nSPS) is 14.6. The van der Waals surface area contributed by atoms with Gasteiger partial charge in [-0.25, -0.2) is 9.79 Å². The molecule has 1 aliphatic rings. The number of hydrogen-bond acceptors (Lipinski definition) is 8. The molecule has 0 bridgehead atoms. The standard InChI is InChI=1S/C33H30Cl2N2O6S/c1-5-41-27-16-21(10-14-26(27)40-4)30-29(32(39)42-6-2)19(3)36-33-37(30)31(38)28(44-33)15-20-7-12-24(13-8-20)43-18-22-9-11-23(34)17-25(22)35/h7-17,30H,5-6,18H2,1-4H3/b28-15-/t30-/m0/s1. The Labute approximate surface area is 268 Å². The number of allylic oxidation sites excluding steroid dienone is 1. The minimum Gasteiger partial charge on any atom is -0.493 e. The molecule has 0 saturated carbocycles. The second kappa shape index (κ2) is 13.7. The van der Waals surface area contributed by atoms with Crippen LogP contribution < -0.4 is 29.1 Å². The summed E-state index contributed by atoms with van der Waals surface area (Å²) in [5.74, 6) is 1.17. The van der Waals surface area contributed by atoms with Crippen molar-refractivity contribution >= 4 is 46.6 Å². The molecule has 2 heterocycles. The van der Waals surface area contributed by atoms with Crippen molar-refractivity contribution in [2.75, 3.05) is 20.3 Å². The first kappa shape index (κ1) is 31.4. The fourth-order valence-electron chi connectivity index (χ4n) is 4.85. The molecule has 0 fully saturated rings. The van der Waals surface area contributed by atoms with E-state index in [0.29, 0.717) is 60.1 Å². The van der Waals surface area contributed by atoms with Crippen LogP contribution in [0, 0.1) is 0 Å². The third-order valence-electron chi connectivity index (χ3n) is 6.91. The van der Waals surface area contributed by atoms with Crippen molar-refractivity contribution in [3.8, 4) is 17.2 Å². The summed E-state index contributed by atoms with van der Waals surface area (Å²) >= 11 is 13.5. The Morgan fingerprint density at radius 2 is 1.77 bits per heavy atom. The van der Waals surface area contributed by atoms with Gasteiger partial charge < -0.3 is 18.9 Å². The predicted octanol–water partition coefficient (Wildman–Crippen LogP) is 6.09. The average Bonchev–Trinajstić information content (AvgIpc) is 3.30. The van der Waals surface area contributed by atoms with Crippen molar-refractivity contribution < 1.29 is 23.7 Å². The number of carbonyl (C=O) groups excluding carboxylic acids is 1. The van der Waals surface area contributed by atoms with Gasteiger partial charge in [0.2, 0.25) is 0 Å². The van der Waals surface area contributed by atoms with E-state index in [9.17, 15) is 9.59 Å². The molecule has 1 aromatic heterocycles. The highest BCUT2D eigenvalue weighted by atomic mass is 35.5. The number of aromatic nitrogens is 1. The van der Waals surface area contributed by atoms with Gasteiger partial charge in [0, 0.05) is 15.6 Å². The van der Waals surface area contributed by atoms with Crippen LogP contribution in [0.15, 0.2) is 81.7 Å². The number of thiazole rings is 1. The molecule has 5 rings (SSSR count). The Kier molecular flexibility index (Phi) is 9.78. The van der Waals surface area contributed by atoms with Gasteiger partial charge in [0.15, 0.2) is 16.3 Å². The molecule has 4 aromatic rings. The summed E-state index contributed by atoms with van der Waals surface area (Å²) in [5, 5.41) is 1.10. The van der Waals surface area contributed by atoms with Gasteiger partial charge in [-0.05, 0) is 74.4 Å². The molecule has 0 unspecified atom stereocenters. The molecule has 0 aliphatic carbocycles. The molecular weight excluding hydrogens is 623 g/mol. The minimum atomic E-state index is -0.770. The van der Waals surface area contributed by atoms with Crippen LogP contribution in [0.25, 0.3) is 6.08 Å². The summed E-state index contributed by atoms with van der Waals surface area (Å²) in [6.45, 7) is 6.25. The monoisotopic (exact) mass is 652 g/mol. The number of ether oxygens (including phenoxy) is 4. The van der Waals surface area contributed by atoms with Crippen LogP contribution in [-0.4, -0.2) is 30.9 Å². The molecule has 3 aromatic carbocycles. The molecule has 0 saturated heterocycles. The third-order valence-corrected chi connectivity index (χ3v) is 8.48. The van der Waals surface area contributed by atoms with Crippen molar-refractivity contribution in [1.29, 1.82) is 0 Å². The maximum Gasteiger partial charge on any atom is 0.338 e. The zero-order valence-corrected chi connectivity index (χ0v) is 26.9. The van der Waals surface area contributed by atoms with Crippen molar-refractivity contribution in [3.05, 3.63) is 118 Å². The number of carbonyl (C=O) groups is 1. The number of rotatable bonds is 10. The summed E-state index contributed by atoms with van der Waals surface area (Å²) in [4.78, 5) is 32.3. The lowest BCUT2D eigenvalue weighted by Crippen LogP contribution is -2.40. The van der Waals surface area contributed by atoms with Crippen molar-refractivity contribution in [3.63, 3.8) is 0 Å². The largest absolute Gasteiger partial charge is 0.493 e. The van der Waals surface area contributed by atoms with Gasteiger partial charge in [0.1, 0.15) is 12.4 Å². The fourth-order valence-corrected chi connectivity index (χ4v) is 6.36. The van der Waals surface area contributed by atoms with Gasteiger partial charge in [-0.1, -0.05) is 58.8 Å². The molecule has 0 N–H and O–H groups in total. The molecule has 11 heteroatoms. The van der Waals surface area contributed by atoms with Crippen LogP contribution >= 0.6 is 34.5 Å². The van der Waals surface area contributed by atoms with Crippen LogP contribution in [0.5, 0.6) is 17.2 Å². The van der Waals surface area contributed by atoms with Crippen LogP contribution in [0.3, 0.4) is 0 Å². The van der Waals surface area contributed by atoms with Gasteiger partial charge >= 0.3 is 5.97 Å². The maximum absolute atomic E-state index is 14.0. The van der Waals surface area contributed by atoms with E-state index in [4.69, 9.17) is 42.1 Å².